The SMILES string of the molecule is CSCCC(N)C(=O)NCCSc1ccc(Cl)cc1.Cl. The van der Waals surface area contributed by atoms with Crippen molar-refractivity contribution in [3.63, 3.8) is 0 Å². The zero-order chi connectivity index (χ0) is 14.1. The van der Waals surface area contributed by atoms with E-state index in [0.29, 0.717) is 6.54 Å². The average molecular weight is 355 g/mol. The van der Waals surface area contributed by atoms with E-state index >= 15 is 0 Å². The Balaban J connectivity index is 0.00000361. The van der Waals surface area contributed by atoms with Crippen molar-refractivity contribution < 1.29 is 4.79 Å². The van der Waals surface area contributed by atoms with Crippen LogP contribution in [0.4, 0.5) is 0 Å². The van der Waals surface area contributed by atoms with Crippen molar-refractivity contribution in [3.8, 4) is 0 Å². The number of carbonyl (C=O) groups is 1. The second-order valence-electron chi connectivity index (χ2n) is 3.98. The van der Waals surface area contributed by atoms with Crippen LogP contribution in [0.1, 0.15) is 6.42 Å². The Labute approximate surface area is 140 Å². The first-order valence-corrected chi connectivity index (χ1v) is 8.80. The number of hydrogen-bond donors (Lipinski definition) is 2. The summed E-state index contributed by atoms with van der Waals surface area (Å²) in [4.78, 5) is 12.8. The number of nitrogens with two attached hydrogens (primary N) is 1. The van der Waals surface area contributed by atoms with Crippen molar-refractivity contribution in [1.82, 2.24) is 5.32 Å². The molecule has 0 aliphatic heterocycles. The molecule has 1 atom stereocenters. The molecule has 0 aliphatic rings. The predicted octanol–water partition coefficient (Wildman–Crippen LogP) is 3.05. The topological polar surface area (TPSA) is 55.1 Å². The zero-order valence-corrected chi connectivity index (χ0v) is 14.5. The number of benzene rings is 1. The molecule has 114 valence electrons. The largest absolute Gasteiger partial charge is 0.354 e. The van der Waals surface area contributed by atoms with Crippen LogP contribution >= 0.6 is 47.5 Å². The molecule has 1 aromatic carbocycles. The lowest BCUT2D eigenvalue weighted by atomic mass is 10.2. The minimum absolute atomic E-state index is 0. The van der Waals surface area contributed by atoms with E-state index in [9.17, 15) is 4.79 Å². The summed E-state index contributed by atoms with van der Waals surface area (Å²) in [5.41, 5.74) is 5.77. The van der Waals surface area contributed by atoms with Gasteiger partial charge >= 0.3 is 0 Å². The first kappa shape index (κ1) is 19.9. The third-order valence-electron chi connectivity index (χ3n) is 2.45. The van der Waals surface area contributed by atoms with Crippen LogP contribution in [-0.4, -0.2) is 36.3 Å². The molecule has 1 unspecified atom stereocenters. The smallest absolute Gasteiger partial charge is 0.236 e. The molecule has 0 aliphatic carbocycles. The molecule has 0 spiro atoms. The zero-order valence-electron chi connectivity index (χ0n) is 11.3. The molecule has 1 rings (SSSR count). The van der Waals surface area contributed by atoms with Crippen LogP contribution in [0.5, 0.6) is 0 Å². The number of halogens is 2. The van der Waals surface area contributed by atoms with Gasteiger partial charge in [-0.1, -0.05) is 11.6 Å². The summed E-state index contributed by atoms with van der Waals surface area (Å²) in [5, 5.41) is 3.59. The summed E-state index contributed by atoms with van der Waals surface area (Å²) in [5.74, 6) is 1.67. The Hall–Kier alpha value is -0.0700. The first-order valence-electron chi connectivity index (χ1n) is 6.04. The fourth-order valence-corrected chi connectivity index (χ4v) is 2.76. The fourth-order valence-electron chi connectivity index (χ4n) is 1.38. The standard InChI is InChI=1S/C13H19ClN2OS2.ClH/c1-18-8-6-12(15)13(17)16-7-9-19-11-4-2-10(14)3-5-11;/h2-5,12H,6-9,15H2,1H3,(H,16,17);1H. The van der Waals surface area contributed by atoms with Gasteiger partial charge in [0.2, 0.25) is 5.91 Å². The molecule has 3 nitrogen and oxygen atoms in total. The average Bonchev–Trinajstić information content (AvgIpc) is 2.42. The van der Waals surface area contributed by atoms with Crippen LogP contribution in [-0.2, 0) is 4.79 Å². The van der Waals surface area contributed by atoms with E-state index in [2.05, 4.69) is 5.32 Å². The lowest BCUT2D eigenvalue weighted by molar-refractivity contribution is -0.122. The number of thioether (sulfide) groups is 2. The molecule has 7 heteroatoms. The summed E-state index contributed by atoms with van der Waals surface area (Å²) in [6, 6.07) is 7.27. The molecule has 0 aromatic heterocycles. The maximum Gasteiger partial charge on any atom is 0.236 e. The molecular formula is C13H20Cl2N2OS2. The summed E-state index contributed by atoms with van der Waals surface area (Å²) in [6.45, 7) is 0.624. The quantitative estimate of drug-likeness (QED) is 0.556. The Morgan fingerprint density at radius 2 is 2.00 bits per heavy atom. The highest BCUT2D eigenvalue weighted by Crippen LogP contribution is 2.19. The van der Waals surface area contributed by atoms with Gasteiger partial charge in [-0.15, -0.1) is 24.2 Å². The van der Waals surface area contributed by atoms with Crippen LogP contribution < -0.4 is 11.1 Å². The van der Waals surface area contributed by atoms with Gasteiger partial charge in [-0.3, -0.25) is 4.79 Å². The maximum absolute atomic E-state index is 11.6. The highest BCUT2D eigenvalue weighted by atomic mass is 35.5. The van der Waals surface area contributed by atoms with Crippen molar-refractivity contribution in [2.45, 2.75) is 17.4 Å². The molecule has 0 fully saturated rings. The number of hydrogen-bond acceptors (Lipinski definition) is 4. The van der Waals surface area contributed by atoms with Gasteiger partial charge in [-0.2, -0.15) is 11.8 Å². The van der Waals surface area contributed by atoms with Crippen LogP contribution in [0.2, 0.25) is 5.02 Å². The second kappa shape index (κ2) is 11.6. The molecule has 0 heterocycles. The lowest BCUT2D eigenvalue weighted by Crippen LogP contribution is -2.41. The van der Waals surface area contributed by atoms with E-state index in [1.165, 1.54) is 0 Å². The van der Waals surface area contributed by atoms with E-state index in [-0.39, 0.29) is 18.3 Å². The molecule has 0 saturated carbocycles. The van der Waals surface area contributed by atoms with Gasteiger partial charge in [0.25, 0.3) is 0 Å². The van der Waals surface area contributed by atoms with Crippen molar-refractivity contribution in [1.29, 1.82) is 0 Å². The van der Waals surface area contributed by atoms with E-state index < -0.39 is 6.04 Å². The fraction of sp³-hybridized carbons (Fsp3) is 0.462. The molecular weight excluding hydrogens is 335 g/mol. The summed E-state index contributed by atoms with van der Waals surface area (Å²) < 4.78 is 0. The summed E-state index contributed by atoms with van der Waals surface area (Å²) in [6.07, 6.45) is 2.73. The van der Waals surface area contributed by atoms with E-state index in [1.54, 1.807) is 23.5 Å². The number of nitrogens with one attached hydrogen (secondary N) is 1. The van der Waals surface area contributed by atoms with Gasteiger partial charge in [0.15, 0.2) is 0 Å². The Morgan fingerprint density at radius 1 is 1.35 bits per heavy atom. The van der Waals surface area contributed by atoms with Gasteiger partial charge in [0.1, 0.15) is 0 Å². The van der Waals surface area contributed by atoms with Crippen LogP contribution in [0.25, 0.3) is 0 Å². The van der Waals surface area contributed by atoms with Gasteiger partial charge in [0.05, 0.1) is 6.04 Å². The molecule has 0 radical (unpaired) electrons. The van der Waals surface area contributed by atoms with Crippen molar-refractivity contribution in [3.05, 3.63) is 29.3 Å². The monoisotopic (exact) mass is 354 g/mol. The predicted molar refractivity (Wildman–Crippen MR) is 93.4 cm³/mol. The highest BCUT2D eigenvalue weighted by molar-refractivity contribution is 7.99. The normalized spacial score (nSPS) is 11.6. The second-order valence-corrected chi connectivity index (χ2v) is 6.57. The third kappa shape index (κ3) is 8.27. The molecule has 1 aromatic rings. The highest BCUT2D eigenvalue weighted by Gasteiger charge is 2.11. The van der Waals surface area contributed by atoms with Gasteiger partial charge in [-0.25, -0.2) is 0 Å². The summed E-state index contributed by atoms with van der Waals surface area (Å²) in [7, 11) is 0. The first-order chi connectivity index (χ1) is 9.13. The Bertz CT molecular complexity index is 390. The van der Waals surface area contributed by atoms with Crippen molar-refractivity contribution in [2.75, 3.05) is 24.3 Å². The van der Waals surface area contributed by atoms with Gasteiger partial charge < -0.3 is 11.1 Å². The minimum atomic E-state index is -0.395. The molecule has 0 bridgehead atoms. The number of amides is 1. The summed E-state index contributed by atoms with van der Waals surface area (Å²) >= 11 is 9.19. The Kier molecular flexibility index (Phi) is 11.5. The van der Waals surface area contributed by atoms with Crippen molar-refractivity contribution in [2.24, 2.45) is 5.73 Å². The molecule has 0 saturated heterocycles. The minimum Gasteiger partial charge on any atom is -0.354 e. The van der Waals surface area contributed by atoms with Crippen molar-refractivity contribution >= 4 is 53.4 Å². The molecule has 1 amide bonds. The Morgan fingerprint density at radius 3 is 2.60 bits per heavy atom. The van der Waals surface area contributed by atoms with Crippen LogP contribution in [0.15, 0.2) is 29.2 Å². The van der Waals surface area contributed by atoms with E-state index in [0.717, 1.165) is 27.8 Å². The van der Waals surface area contributed by atoms with Gasteiger partial charge in [-0.05, 0) is 42.7 Å². The van der Waals surface area contributed by atoms with E-state index in [1.807, 2.05) is 30.5 Å². The lowest BCUT2D eigenvalue weighted by Gasteiger charge is -2.11. The van der Waals surface area contributed by atoms with E-state index in [4.69, 9.17) is 17.3 Å². The molecule has 3 N–H and O–H groups in total. The number of carbonyl (C=O) groups excluding carboxylic acids is 1. The van der Waals surface area contributed by atoms with Crippen LogP contribution in [0, 0.1) is 0 Å². The third-order valence-corrected chi connectivity index (χ3v) is 4.36. The van der Waals surface area contributed by atoms with Gasteiger partial charge in [0, 0.05) is 22.2 Å². The number of rotatable bonds is 8. The maximum atomic E-state index is 11.6. The molecule has 20 heavy (non-hydrogen) atoms. The van der Waals surface area contributed by atoms with Crippen LogP contribution in [0.3, 0.4) is 0 Å².